The zero-order chi connectivity index (χ0) is 20.6. The summed E-state index contributed by atoms with van der Waals surface area (Å²) in [6.07, 6.45) is 1.03. The van der Waals surface area contributed by atoms with Crippen LogP contribution in [0, 0.1) is 0 Å². The Morgan fingerprint density at radius 1 is 1.14 bits per heavy atom. The van der Waals surface area contributed by atoms with Crippen molar-refractivity contribution >= 4 is 40.3 Å². The van der Waals surface area contributed by atoms with Crippen molar-refractivity contribution < 1.29 is 14.4 Å². The lowest BCUT2D eigenvalue weighted by Crippen LogP contribution is -2.49. The average molecular weight is 411 g/mol. The third kappa shape index (κ3) is 3.69. The molecule has 0 bridgehead atoms. The second kappa shape index (κ2) is 7.25. The molecule has 1 aromatic heterocycles. The maximum absolute atomic E-state index is 12.8. The molecule has 0 radical (unpaired) electrons. The maximum atomic E-state index is 12.8. The van der Waals surface area contributed by atoms with Gasteiger partial charge in [0.25, 0.3) is 11.8 Å². The fraction of sp³-hybridized carbons (Fsp3) is 0.190. The van der Waals surface area contributed by atoms with Crippen LogP contribution in [0.2, 0.25) is 5.02 Å². The van der Waals surface area contributed by atoms with Gasteiger partial charge in [-0.05, 0) is 43.5 Å². The number of halogens is 1. The number of amides is 4. The summed E-state index contributed by atoms with van der Waals surface area (Å²) in [4.78, 5) is 40.7. The fourth-order valence-corrected chi connectivity index (χ4v) is 3.55. The van der Waals surface area contributed by atoms with Crippen molar-refractivity contribution in [2.24, 2.45) is 0 Å². The van der Waals surface area contributed by atoms with E-state index in [1.54, 1.807) is 31.2 Å². The predicted molar refractivity (Wildman–Crippen MR) is 109 cm³/mol. The second-order valence-corrected chi connectivity index (χ2v) is 7.68. The molecule has 0 spiro atoms. The maximum Gasteiger partial charge on any atom is 0.344 e. The lowest BCUT2D eigenvalue weighted by Gasteiger charge is -2.21. The fourth-order valence-electron chi connectivity index (χ4n) is 3.38. The number of urea groups is 1. The minimum atomic E-state index is -1.09. The van der Waals surface area contributed by atoms with Gasteiger partial charge in [0.15, 0.2) is 0 Å². The van der Waals surface area contributed by atoms with Crippen molar-refractivity contribution in [1.29, 1.82) is 0 Å². The highest BCUT2D eigenvalue weighted by molar-refractivity contribution is 6.31. The Balaban J connectivity index is 1.47. The van der Waals surface area contributed by atoms with E-state index in [-0.39, 0.29) is 5.69 Å². The van der Waals surface area contributed by atoms with Gasteiger partial charge in [-0.15, -0.1) is 0 Å². The van der Waals surface area contributed by atoms with Crippen LogP contribution in [-0.2, 0) is 11.2 Å². The summed E-state index contributed by atoms with van der Waals surface area (Å²) < 4.78 is 0. The van der Waals surface area contributed by atoms with Gasteiger partial charge in [-0.25, -0.2) is 4.79 Å². The number of aromatic amines is 1. The summed E-state index contributed by atoms with van der Waals surface area (Å²) in [6.45, 7) is 1.66. The SMILES string of the molecule is CC1(CCc2ccccc2)NC(=O)N(NC(=O)c2cc3ccc(Cl)cc3[nH]2)C1=O. The van der Waals surface area contributed by atoms with Crippen LogP contribution in [0.4, 0.5) is 4.79 Å². The van der Waals surface area contributed by atoms with E-state index in [2.05, 4.69) is 15.7 Å². The van der Waals surface area contributed by atoms with E-state index in [9.17, 15) is 14.4 Å². The Labute approximate surface area is 172 Å². The van der Waals surface area contributed by atoms with E-state index < -0.39 is 23.4 Å². The van der Waals surface area contributed by atoms with Crippen molar-refractivity contribution in [3.63, 3.8) is 0 Å². The number of rotatable bonds is 5. The molecule has 3 N–H and O–H groups in total. The van der Waals surface area contributed by atoms with Gasteiger partial charge in [-0.3, -0.25) is 15.0 Å². The van der Waals surface area contributed by atoms with Crippen molar-refractivity contribution in [1.82, 2.24) is 20.7 Å². The number of nitrogens with zero attached hydrogens (tertiary/aromatic N) is 1. The minimum Gasteiger partial charge on any atom is -0.350 e. The number of H-pyrrole nitrogens is 1. The molecule has 1 fully saturated rings. The first-order valence-corrected chi connectivity index (χ1v) is 9.53. The molecule has 2 aromatic carbocycles. The van der Waals surface area contributed by atoms with Crippen LogP contribution in [0.25, 0.3) is 10.9 Å². The molecule has 1 aliphatic rings. The predicted octanol–water partition coefficient (Wildman–Crippen LogP) is 3.41. The molecule has 4 rings (SSSR count). The van der Waals surface area contributed by atoms with Gasteiger partial charge in [0.1, 0.15) is 11.2 Å². The number of hydrogen-bond donors (Lipinski definition) is 3. The minimum absolute atomic E-state index is 0.223. The average Bonchev–Trinajstić information content (AvgIpc) is 3.21. The molecular formula is C21H19ClN4O3. The summed E-state index contributed by atoms with van der Waals surface area (Å²) in [5.41, 5.74) is 3.28. The standard InChI is InChI=1S/C21H19ClN4O3/c1-21(10-9-13-5-3-2-4-6-13)19(28)26(20(29)24-21)25-18(27)17-11-14-7-8-15(22)12-16(14)23-17/h2-8,11-12,23H,9-10H2,1H3,(H,24,29)(H,25,27). The molecule has 3 aromatic rings. The summed E-state index contributed by atoms with van der Waals surface area (Å²) in [7, 11) is 0. The van der Waals surface area contributed by atoms with Gasteiger partial charge in [0.05, 0.1) is 0 Å². The zero-order valence-corrected chi connectivity index (χ0v) is 16.4. The number of benzene rings is 2. The first-order valence-electron chi connectivity index (χ1n) is 9.16. The Bertz CT molecular complexity index is 1110. The molecule has 8 heteroatoms. The second-order valence-electron chi connectivity index (χ2n) is 7.24. The third-order valence-electron chi connectivity index (χ3n) is 5.06. The van der Waals surface area contributed by atoms with Gasteiger partial charge in [-0.2, -0.15) is 5.01 Å². The van der Waals surface area contributed by atoms with Gasteiger partial charge in [-0.1, -0.05) is 48.0 Å². The van der Waals surface area contributed by atoms with Crippen molar-refractivity contribution in [2.75, 3.05) is 0 Å². The van der Waals surface area contributed by atoms with Crippen LogP contribution < -0.4 is 10.7 Å². The molecular weight excluding hydrogens is 392 g/mol. The van der Waals surface area contributed by atoms with Crippen LogP contribution in [-0.4, -0.2) is 33.4 Å². The molecule has 4 amide bonds. The summed E-state index contributed by atoms with van der Waals surface area (Å²) in [5.74, 6) is -1.08. The smallest absolute Gasteiger partial charge is 0.344 e. The summed E-state index contributed by atoms with van der Waals surface area (Å²) in [6, 6.07) is 15.9. The molecule has 1 saturated heterocycles. The summed E-state index contributed by atoms with van der Waals surface area (Å²) >= 11 is 5.96. The Morgan fingerprint density at radius 3 is 2.66 bits per heavy atom. The van der Waals surface area contributed by atoms with E-state index in [0.717, 1.165) is 16.0 Å². The molecule has 0 aliphatic carbocycles. The number of hydrazine groups is 1. The van der Waals surface area contributed by atoms with Crippen LogP contribution in [0.15, 0.2) is 54.6 Å². The Kier molecular flexibility index (Phi) is 4.76. The number of fused-ring (bicyclic) bond motifs is 1. The highest BCUT2D eigenvalue weighted by Crippen LogP contribution is 2.23. The highest BCUT2D eigenvalue weighted by atomic mass is 35.5. The molecule has 7 nitrogen and oxygen atoms in total. The van der Waals surface area contributed by atoms with E-state index in [4.69, 9.17) is 11.6 Å². The number of nitrogens with one attached hydrogen (secondary N) is 3. The molecule has 1 unspecified atom stereocenters. The molecule has 1 aliphatic heterocycles. The lowest BCUT2D eigenvalue weighted by atomic mass is 9.93. The molecule has 2 heterocycles. The van der Waals surface area contributed by atoms with Gasteiger partial charge >= 0.3 is 6.03 Å². The van der Waals surface area contributed by atoms with E-state index in [0.29, 0.717) is 23.4 Å². The van der Waals surface area contributed by atoms with Gasteiger partial charge < -0.3 is 10.3 Å². The largest absolute Gasteiger partial charge is 0.350 e. The number of hydrogen-bond acceptors (Lipinski definition) is 3. The highest BCUT2D eigenvalue weighted by Gasteiger charge is 2.48. The monoisotopic (exact) mass is 410 g/mol. The van der Waals surface area contributed by atoms with Crippen molar-refractivity contribution in [3.8, 4) is 0 Å². The van der Waals surface area contributed by atoms with Crippen molar-refractivity contribution in [3.05, 3.63) is 70.9 Å². The quantitative estimate of drug-likeness (QED) is 0.562. The first kappa shape index (κ1) is 19.0. The Morgan fingerprint density at radius 2 is 1.90 bits per heavy atom. The van der Waals surface area contributed by atoms with E-state index >= 15 is 0 Å². The zero-order valence-electron chi connectivity index (χ0n) is 15.7. The van der Waals surface area contributed by atoms with Gasteiger partial charge in [0.2, 0.25) is 0 Å². The van der Waals surface area contributed by atoms with Crippen LogP contribution >= 0.6 is 11.6 Å². The normalized spacial score (nSPS) is 18.9. The van der Waals surface area contributed by atoms with E-state index in [1.165, 1.54) is 0 Å². The third-order valence-corrected chi connectivity index (χ3v) is 5.30. The summed E-state index contributed by atoms with van der Waals surface area (Å²) in [5, 5.41) is 4.76. The van der Waals surface area contributed by atoms with E-state index in [1.807, 2.05) is 30.3 Å². The molecule has 1 atom stereocenters. The Hall–Kier alpha value is -3.32. The molecule has 0 saturated carbocycles. The first-order chi connectivity index (χ1) is 13.9. The number of imide groups is 1. The molecule has 148 valence electrons. The van der Waals surface area contributed by atoms with Crippen LogP contribution in [0.3, 0.4) is 0 Å². The number of aryl methyl sites for hydroxylation is 1. The lowest BCUT2D eigenvalue weighted by molar-refractivity contribution is -0.132. The van der Waals surface area contributed by atoms with Crippen molar-refractivity contribution in [2.45, 2.75) is 25.3 Å². The van der Waals surface area contributed by atoms with Crippen LogP contribution in [0.5, 0.6) is 0 Å². The number of aromatic nitrogens is 1. The molecule has 29 heavy (non-hydrogen) atoms. The topological polar surface area (TPSA) is 94.3 Å². The number of carbonyl (C=O) groups excluding carboxylic acids is 3. The van der Waals surface area contributed by atoms with Crippen LogP contribution in [0.1, 0.15) is 29.4 Å². The number of carbonyl (C=O) groups is 3. The van der Waals surface area contributed by atoms with Gasteiger partial charge in [0, 0.05) is 15.9 Å².